The maximum absolute atomic E-state index is 12.6. The minimum atomic E-state index is -4.49. The van der Waals surface area contributed by atoms with E-state index in [4.69, 9.17) is 17.3 Å². The summed E-state index contributed by atoms with van der Waals surface area (Å²) in [6.07, 6.45) is -1.73. The molecule has 0 saturated heterocycles. The smallest absolute Gasteiger partial charge is 0.396 e. The second kappa shape index (κ2) is 3.96. The number of aromatic nitrogens is 2. The fourth-order valence-electron chi connectivity index (χ4n) is 1.35. The highest BCUT2D eigenvalue weighted by Crippen LogP contribution is 2.35. The van der Waals surface area contributed by atoms with Crippen LogP contribution >= 0.6 is 11.6 Å². The van der Waals surface area contributed by atoms with E-state index >= 15 is 0 Å². The van der Waals surface area contributed by atoms with Crippen molar-refractivity contribution in [3.05, 3.63) is 41.2 Å². The Balaban J connectivity index is 2.51. The molecule has 0 radical (unpaired) electrons. The highest BCUT2D eigenvalue weighted by Gasteiger charge is 2.33. The fraction of sp³-hybridized carbons (Fsp3) is 0.100. The van der Waals surface area contributed by atoms with Crippen LogP contribution in [0.1, 0.15) is 5.56 Å². The first-order valence-electron chi connectivity index (χ1n) is 4.55. The molecule has 0 unspecified atom stereocenters. The zero-order valence-electron chi connectivity index (χ0n) is 8.37. The first kappa shape index (κ1) is 11.8. The molecule has 0 bridgehead atoms. The highest BCUT2D eigenvalue weighted by molar-refractivity contribution is 6.31. The summed E-state index contributed by atoms with van der Waals surface area (Å²) in [5.41, 5.74) is 5.16. The van der Waals surface area contributed by atoms with Gasteiger partial charge in [0.1, 0.15) is 0 Å². The second-order valence-electron chi connectivity index (χ2n) is 3.38. The van der Waals surface area contributed by atoms with Crippen LogP contribution in [0.5, 0.6) is 0 Å². The number of benzene rings is 1. The highest BCUT2D eigenvalue weighted by atomic mass is 35.5. The van der Waals surface area contributed by atoms with Crippen LogP contribution in [0.4, 0.5) is 18.9 Å². The van der Waals surface area contributed by atoms with E-state index in [1.807, 2.05) is 0 Å². The van der Waals surface area contributed by atoms with Crippen molar-refractivity contribution >= 4 is 17.3 Å². The van der Waals surface area contributed by atoms with Crippen molar-refractivity contribution < 1.29 is 13.2 Å². The first-order valence-corrected chi connectivity index (χ1v) is 4.93. The molecule has 0 fully saturated rings. The molecule has 2 rings (SSSR count). The van der Waals surface area contributed by atoms with E-state index in [9.17, 15) is 13.2 Å². The van der Waals surface area contributed by atoms with E-state index in [-0.39, 0.29) is 10.7 Å². The lowest BCUT2D eigenvalue weighted by atomic mass is 10.2. The first-order chi connectivity index (χ1) is 7.88. The molecule has 0 spiro atoms. The van der Waals surface area contributed by atoms with Gasteiger partial charge in [-0.05, 0) is 18.2 Å². The molecule has 2 aromatic rings. The molecule has 1 aromatic carbocycles. The molecular weight excluding hydrogens is 255 g/mol. The van der Waals surface area contributed by atoms with E-state index in [1.54, 1.807) is 0 Å². The topological polar surface area (TPSA) is 43.8 Å². The molecular formula is C10H7ClF3N3. The van der Waals surface area contributed by atoms with Crippen molar-refractivity contribution in [1.82, 2.24) is 9.78 Å². The van der Waals surface area contributed by atoms with Gasteiger partial charge >= 0.3 is 6.18 Å². The van der Waals surface area contributed by atoms with Crippen LogP contribution in [0.2, 0.25) is 5.02 Å². The number of nitrogens with zero attached hydrogens (tertiary/aromatic N) is 2. The fourth-order valence-corrected chi connectivity index (χ4v) is 1.58. The lowest BCUT2D eigenvalue weighted by Gasteiger charge is -2.10. The van der Waals surface area contributed by atoms with Crippen LogP contribution in [0.15, 0.2) is 30.6 Å². The molecule has 0 aliphatic rings. The lowest BCUT2D eigenvalue weighted by molar-refractivity contribution is -0.137. The maximum Gasteiger partial charge on any atom is 0.417 e. The number of hydrogen-bond donors (Lipinski definition) is 1. The predicted molar refractivity (Wildman–Crippen MR) is 58.0 cm³/mol. The van der Waals surface area contributed by atoms with E-state index in [1.165, 1.54) is 29.2 Å². The average molecular weight is 262 g/mol. The minimum absolute atomic E-state index is 0.249. The standard InChI is InChI=1S/C10H7ClF3N3/c11-9-2-1-7(3-8(9)10(12,13)14)17-5-6(15)4-16-17/h1-5H,15H2. The van der Waals surface area contributed by atoms with Crippen LogP contribution in [-0.2, 0) is 6.18 Å². The Bertz CT molecular complexity index is 548. The SMILES string of the molecule is Nc1cnn(-c2ccc(Cl)c(C(F)(F)F)c2)c1. The minimum Gasteiger partial charge on any atom is -0.396 e. The lowest BCUT2D eigenvalue weighted by Crippen LogP contribution is -2.07. The van der Waals surface area contributed by atoms with E-state index in [0.717, 1.165) is 6.07 Å². The van der Waals surface area contributed by atoms with Crippen LogP contribution in [0, 0.1) is 0 Å². The summed E-state index contributed by atoms with van der Waals surface area (Å²) in [5, 5.41) is 3.47. The molecule has 1 aromatic heterocycles. The van der Waals surface area contributed by atoms with Crippen molar-refractivity contribution in [3.63, 3.8) is 0 Å². The van der Waals surface area contributed by atoms with Gasteiger partial charge in [-0.15, -0.1) is 0 Å². The van der Waals surface area contributed by atoms with Crippen LogP contribution in [-0.4, -0.2) is 9.78 Å². The van der Waals surface area contributed by atoms with Gasteiger partial charge in [0.15, 0.2) is 0 Å². The number of anilines is 1. The molecule has 0 aliphatic heterocycles. The molecule has 0 atom stereocenters. The Labute approximate surface area is 99.6 Å². The summed E-state index contributed by atoms with van der Waals surface area (Å²) in [6, 6.07) is 3.54. The number of hydrogen-bond acceptors (Lipinski definition) is 2. The summed E-state index contributed by atoms with van der Waals surface area (Å²) < 4.78 is 39.1. The van der Waals surface area contributed by atoms with Crippen LogP contribution < -0.4 is 5.73 Å². The van der Waals surface area contributed by atoms with Crippen molar-refractivity contribution in [2.24, 2.45) is 0 Å². The number of nitrogen functional groups attached to an aromatic ring is 1. The van der Waals surface area contributed by atoms with Crippen molar-refractivity contribution in [3.8, 4) is 5.69 Å². The van der Waals surface area contributed by atoms with Crippen molar-refractivity contribution in [1.29, 1.82) is 0 Å². The quantitative estimate of drug-likeness (QED) is 0.857. The molecule has 1 heterocycles. The Morgan fingerprint density at radius 3 is 2.53 bits per heavy atom. The zero-order valence-corrected chi connectivity index (χ0v) is 9.13. The molecule has 0 aliphatic carbocycles. The molecule has 0 amide bonds. The third-order valence-corrected chi connectivity index (χ3v) is 2.45. The van der Waals surface area contributed by atoms with Gasteiger partial charge in [-0.2, -0.15) is 18.3 Å². The summed E-state index contributed by atoms with van der Waals surface area (Å²) in [6.45, 7) is 0. The average Bonchev–Trinajstić information content (AvgIpc) is 2.64. The maximum atomic E-state index is 12.6. The molecule has 3 nitrogen and oxygen atoms in total. The normalized spacial score (nSPS) is 11.8. The third kappa shape index (κ3) is 2.36. The molecule has 90 valence electrons. The summed E-state index contributed by atoms with van der Waals surface area (Å²) in [7, 11) is 0. The monoisotopic (exact) mass is 261 g/mol. The largest absolute Gasteiger partial charge is 0.417 e. The van der Waals surface area contributed by atoms with Crippen LogP contribution in [0.3, 0.4) is 0 Å². The predicted octanol–water partition coefficient (Wildman–Crippen LogP) is 3.13. The molecule has 0 saturated carbocycles. The second-order valence-corrected chi connectivity index (χ2v) is 3.79. The Morgan fingerprint density at radius 2 is 2.00 bits per heavy atom. The van der Waals surface area contributed by atoms with E-state index < -0.39 is 11.7 Å². The van der Waals surface area contributed by atoms with Gasteiger partial charge in [0.25, 0.3) is 0 Å². The Kier molecular flexibility index (Phi) is 2.74. The van der Waals surface area contributed by atoms with Crippen molar-refractivity contribution in [2.75, 3.05) is 5.73 Å². The van der Waals surface area contributed by atoms with Gasteiger partial charge in [0.05, 0.1) is 34.4 Å². The number of nitrogens with two attached hydrogens (primary N) is 1. The van der Waals surface area contributed by atoms with E-state index in [2.05, 4.69) is 5.10 Å². The summed E-state index contributed by atoms with van der Waals surface area (Å²) >= 11 is 5.50. The van der Waals surface area contributed by atoms with Gasteiger partial charge in [-0.3, -0.25) is 0 Å². The number of halogens is 4. The number of rotatable bonds is 1. The molecule has 7 heteroatoms. The summed E-state index contributed by atoms with van der Waals surface area (Å²) in [4.78, 5) is 0. The Morgan fingerprint density at radius 1 is 1.29 bits per heavy atom. The van der Waals surface area contributed by atoms with Gasteiger partial charge < -0.3 is 5.73 Å². The molecule has 2 N–H and O–H groups in total. The zero-order chi connectivity index (χ0) is 12.6. The van der Waals surface area contributed by atoms with E-state index in [0.29, 0.717) is 5.69 Å². The molecule has 17 heavy (non-hydrogen) atoms. The third-order valence-electron chi connectivity index (χ3n) is 2.12. The summed E-state index contributed by atoms with van der Waals surface area (Å²) in [5.74, 6) is 0. The Hall–Kier alpha value is -1.69. The van der Waals surface area contributed by atoms with Gasteiger partial charge in [-0.1, -0.05) is 11.6 Å². The van der Waals surface area contributed by atoms with Crippen molar-refractivity contribution in [2.45, 2.75) is 6.18 Å². The van der Waals surface area contributed by atoms with Crippen LogP contribution in [0.25, 0.3) is 5.69 Å². The van der Waals surface area contributed by atoms with Gasteiger partial charge in [-0.25, -0.2) is 4.68 Å². The number of alkyl halides is 3. The van der Waals surface area contributed by atoms with Gasteiger partial charge in [0.2, 0.25) is 0 Å². The van der Waals surface area contributed by atoms with Gasteiger partial charge in [0, 0.05) is 0 Å².